The van der Waals surface area contributed by atoms with Gasteiger partial charge in [-0.05, 0) is 36.5 Å². The lowest BCUT2D eigenvalue weighted by atomic mass is 10.0. The van der Waals surface area contributed by atoms with Gasteiger partial charge in [-0.25, -0.2) is 8.78 Å². The van der Waals surface area contributed by atoms with Crippen LogP contribution in [0.3, 0.4) is 0 Å². The number of halogens is 4. The SMILES string of the molecule is CC(C)c1cc(Cl)c(OCC2CCCN2C(=O)c2cn(C)nc2C(F)F)c(Cl)c1. The molecule has 2 aromatic rings. The maximum atomic E-state index is 13.2. The van der Waals surface area contributed by atoms with Gasteiger partial charge in [0, 0.05) is 19.8 Å². The molecule has 158 valence electrons. The maximum Gasteiger partial charge on any atom is 0.282 e. The zero-order valence-corrected chi connectivity index (χ0v) is 18.0. The van der Waals surface area contributed by atoms with Gasteiger partial charge >= 0.3 is 0 Å². The third-order valence-electron chi connectivity index (χ3n) is 5.04. The lowest BCUT2D eigenvalue weighted by molar-refractivity contribution is 0.0680. The van der Waals surface area contributed by atoms with Crippen LogP contribution in [0.5, 0.6) is 5.75 Å². The number of rotatable bonds is 6. The van der Waals surface area contributed by atoms with Gasteiger partial charge < -0.3 is 9.64 Å². The molecule has 0 aliphatic carbocycles. The predicted octanol–water partition coefficient (Wildman–Crippen LogP) is 5.47. The molecular weight excluding hydrogens is 423 g/mol. The van der Waals surface area contributed by atoms with Gasteiger partial charge in [0.1, 0.15) is 12.3 Å². The van der Waals surface area contributed by atoms with E-state index < -0.39 is 18.0 Å². The van der Waals surface area contributed by atoms with Gasteiger partial charge in [0.15, 0.2) is 5.75 Å². The zero-order chi connectivity index (χ0) is 21.3. The fourth-order valence-electron chi connectivity index (χ4n) is 3.49. The van der Waals surface area contributed by atoms with Crippen LogP contribution in [0.2, 0.25) is 10.0 Å². The van der Waals surface area contributed by atoms with E-state index in [2.05, 4.69) is 5.10 Å². The molecule has 0 radical (unpaired) electrons. The summed E-state index contributed by atoms with van der Waals surface area (Å²) in [5.41, 5.74) is 0.423. The first-order valence-electron chi connectivity index (χ1n) is 9.43. The second-order valence-electron chi connectivity index (χ2n) is 7.48. The molecule has 1 saturated heterocycles. The number of aromatic nitrogens is 2. The van der Waals surface area contributed by atoms with Crippen molar-refractivity contribution in [1.29, 1.82) is 0 Å². The largest absolute Gasteiger partial charge is 0.488 e. The van der Waals surface area contributed by atoms with Gasteiger partial charge in [0.05, 0.1) is 21.7 Å². The molecule has 1 atom stereocenters. The molecule has 29 heavy (non-hydrogen) atoms. The van der Waals surface area contributed by atoms with E-state index in [1.54, 1.807) is 4.90 Å². The van der Waals surface area contributed by atoms with Crippen LogP contribution in [0.25, 0.3) is 0 Å². The molecule has 0 bridgehead atoms. The quantitative estimate of drug-likeness (QED) is 0.591. The van der Waals surface area contributed by atoms with Crippen LogP contribution in [-0.2, 0) is 7.05 Å². The van der Waals surface area contributed by atoms with E-state index in [1.165, 1.54) is 17.9 Å². The monoisotopic (exact) mass is 445 g/mol. The van der Waals surface area contributed by atoms with E-state index >= 15 is 0 Å². The first-order chi connectivity index (χ1) is 13.7. The summed E-state index contributed by atoms with van der Waals surface area (Å²) < 4.78 is 33.6. The van der Waals surface area contributed by atoms with E-state index in [1.807, 2.05) is 26.0 Å². The average Bonchev–Trinajstić information content (AvgIpc) is 3.26. The summed E-state index contributed by atoms with van der Waals surface area (Å²) in [5.74, 6) is 0.170. The second kappa shape index (κ2) is 8.88. The molecular formula is C20H23Cl2F2N3O2. The van der Waals surface area contributed by atoms with Crippen LogP contribution in [0, 0.1) is 0 Å². The van der Waals surface area contributed by atoms with Crippen molar-refractivity contribution in [1.82, 2.24) is 14.7 Å². The molecule has 0 saturated carbocycles. The molecule has 1 aromatic heterocycles. The highest BCUT2D eigenvalue weighted by atomic mass is 35.5. The minimum atomic E-state index is -2.82. The number of alkyl halides is 2. The molecule has 5 nitrogen and oxygen atoms in total. The van der Waals surface area contributed by atoms with Crippen molar-refractivity contribution < 1.29 is 18.3 Å². The Hall–Kier alpha value is -1.86. The van der Waals surface area contributed by atoms with Gasteiger partial charge in [-0.2, -0.15) is 5.10 Å². The normalized spacial score (nSPS) is 16.9. The molecule has 2 heterocycles. The summed E-state index contributed by atoms with van der Waals surface area (Å²) in [4.78, 5) is 14.5. The zero-order valence-electron chi connectivity index (χ0n) is 16.5. The van der Waals surface area contributed by atoms with Gasteiger partial charge in [-0.1, -0.05) is 37.0 Å². The average molecular weight is 446 g/mol. The first-order valence-corrected chi connectivity index (χ1v) is 10.2. The molecule has 1 aliphatic heterocycles. The Bertz CT molecular complexity index is 879. The number of amides is 1. The fraction of sp³-hybridized carbons (Fsp3) is 0.500. The number of likely N-dealkylation sites (tertiary alicyclic amines) is 1. The topological polar surface area (TPSA) is 47.4 Å². The van der Waals surface area contributed by atoms with Gasteiger partial charge in [0.25, 0.3) is 12.3 Å². The number of carbonyl (C=O) groups excluding carboxylic acids is 1. The number of carbonyl (C=O) groups is 1. The third-order valence-corrected chi connectivity index (χ3v) is 5.60. The summed E-state index contributed by atoms with van der Waals surface area (Å²) in [5, 5.41) is 4.53. The molecule has 1 amide bonds. The minimum Gasteiger partial charge on any atom is -0.488 e. The third kappa shape index (κ3) is 4.67. The molecule has 1 fully saturated rings. The summed E-state index contributed by atoms with van der Waals surface area (Å²) in [6, 6.07) is 3.37. The highest BCUT2D eigenvalue weighted by Gasteiger charge is 2.34. The number of ether oxygens (including phenoxy) is 1. The van der Waals surface area contributed by atoms with E-state index in [0.29, 0.717) is 28.8 Å². The van der Waals surface area contributed by atoms with Crippen LogP contribution < -0.4 is 4.74 Å². The highest BCUT2D eigenvalue weighted by Crippen LogP contribution is 2.37. The fourth-order valence-corrected chi connectivity index (χ4v) is 4.11. The number of benzene rings is 1. The molecule has 9 heteroatoms. The molecule has 0 N–H and O–H groups in total. The molecule has 1 unspecified atom stereocenters. The number of hydrogen-bond donors (Lipinski definition) is 0. The van der Waals surface area contributed by atoms with Crippen molar-refractivity contribution in [2.75, 3.05) is 13.2 Å². The molecule has 0 spiro atoms. The molecule has 1 aliphatic rings. The van der Waals surface area contributed by atoms with Crippen LogP contribution in [0.15, 0.2) is 18.3 Å². The standard InChI is InChI=1S/C20H23Cl2F2N3O2/c1-11(2)12-7-15(21)18(16(22)8-12)29-10-13-5-4-6-27(13)20(28)14-9-26(3)25-17(14)19(23)24/h7-9,11,13,19H,4-6,10H2,1-3H3. The van der Waals surface area contributed by atoms with E-state index in [9.17, 15) is 13.6 Å². The summed E-state index contributed by atoms with van der Waals surface area (Å²) in [6.45, 7) is 4.72. The van der Waals surface area contributed by atoms with Crippen molar-refractivity contribution in [3.05, 3.63) is 45.2 Å². The lowest BCUT2D eigenvalue weighted by Crippen LogP contribution is -2.39. The highest BCUT2D eigenvalue weighted by molar-refractivity contribution is 6.37. The van der Waals surface area contributed by atoms with Gasteiger partial charge in [-0.15, -0.1) is 0 Å². The lowest BCUT2D eigenvalue weighted by Gasteiger charge is -2.25. The Labute approximate surface area is 178 Å². The van der Waals surface area contributed by atoms with Gasteiger partial charge in [0.2, 0.25) is 0 Å². The van der Waals surface area contributed by atoms with E-state index in [0.717, 1.165) is 12.0 Å². The summed E-state index contributed by atoms with van der Waals surface area (Å²) in [7, 11) is 1.51. The second-order valence-corrected chi connectivity index (χ2v) is 8.29. The summed E-state index contributed by atoms with van der Waals surface area (Å²) >= 11 is 12.7. The van der Waals surface area contributed by atoms with Crippen LogP contribution >= 0.6 is 23.2 Å². The first kappa shape index (κ1) is 21.8. The van der Waals surface area contributed by atoms with E-state index in [-0.39, 0.29) is 24.1 Å². The van der Waals surface area contributed by atoms with Crippen LogP contribution in [-0.4, -0.2) is 39.8 Å². The van der Waals surface area contributed by atoms with Gasteiger partial charge in [-0.3, -0.25) is 9.48 Å². The Morgan fingerprint density at radius 1 is 1.31 bits per heavy atom. The molecule has 3 rings (SSSR count). The maximum absolute atomic E-state index is 13.2. The Balaban J connectivity index is 1.75. The minimum absolute atomic E-state index is 0.0771. The van der Waals surface area contributed by atoms with Crippen molar-refractivity contribution >= 4 is 29.1 Å². The predicted molar refractivity (Wildman–Crippen MR) is 108 cm³/mol. The smallest absolute Gasteiger partial charge is 0.282 e. The van der Waals surface area contributed by atoms with E-state index in [4.69, 9.17) is 27.9 Å². The van der Waals surface area contributed by atoms with Crippen molar-refractivity contribution in [2.45, 2.75) is 45.1 Å². The van der Waals surface area contributed by atoms with Crippen molar-refractivity contribution in [3.8, 4) is 5.75 Å². The number of hydrogen-bond acceptors (Lipinski definition) is 3. The Morgan fingerprint density at radius 2 is 1.97 bits per heavy atom. The van der Waals surface area contributed by atoms with Crippen molar-refractivity contribution in [2.24, 2.45) is 7.05 Å². The van der Waals surface area contributed by atoms with Crippen LogP contribution in [0.1, 0.15) is 60.6 Å². The Kier molecular flexibility index (Phi) is 6.69. The van der Waals surface area contributed by atoms with Crippen LogP contribution in [0.4, 0.5) is 8.78 Å². The number of aryl methyl sites for hydroxylation is 1. The number of nitrogens with zero attached hydrogens (tertiary/aromatic N) is 3. The Morgan fingerprint density at radius 3 is 2.55 bits per heavy atom. The molecule has 1 aromatic carbocycles. The van der Waals surface area contributed by atoms with Crippen molar-refractivity contribution in [3.63, 3.8) is 0 Å². The summed E-state index contributed by atoms with van der Waals surface area (Å²) in [6.07, 6.45) is -0.0181.